The maximum absolute atomic E-state index is 10.9. The highest BCUT2D eigenvalue weighted by Crippen LogP contribution is 2.37. The van der Waals surface area contributed by atoms with Crippen molar-refractivity contribution in [3.8, 4) is 5.75 Å². The number of nitro benzene ring substituents is 2. The fourth-order valence-corrected chi connectivity index (χ4v) is 2.66. The predicted octanol–water partition coefficient (Wildman–Crippen LogP) is 3.14. The van der Waals surface area contributed by atoms with E-state index in [1.807, 2.05) is 0 Å². The number of rotatable bonds is 4. The van der Waals surface area contributed by atoms with E-state index in [4.69, 9.17) is 11.6 Å². The third kappa shape index (κ3) is 3.33. The maximum Gasteiger partial charge on any atom is 0.273 e. The number of nitro groups is 2. The van der Waals surface area contributed by atoms with Gasteiger partial charge in [-0.25, -0.2) is 0 Å². The molecule has 0 bridgehead atoms. The second-order valence-corrected chi connectivity index (χ2v) is 5.70. The number of nitrogens with one attached hydrogen (secondary N) is 3. The van der Waals surface area contributed by atoms with E-state index in [9.17, 15) is 25.3 Å². The van der Waals surface area contributed by atoms with Gasteiger partial charge in [-0.3, -0.25) is 20.2 Å². The molecule has 1 heterocycles. The first kappa shape index (κ1) is 16.6. The van der Waals surface area contributed by atoms with Crippen LogP contribution >= 0.6 is 11.6 Å². The topological polar surface area (TPSA) is 143 Å². The number of phenols is 1. The predicted molar refractivity (Wildman–Crippen MR) is 92.4 cm³/mol. The fraction of sp³-hybridized carbons (Fsp3) is 0.143. The number of benzene rings is 2. The van der Waals surface area contributed by atoms with Crippen LogP contribution in [-0.2, 0) is 0 Å². The van der Waals surface area contributed by atoms with Crippen molar-refractivity contribution in [1.82, 2.24) is 0 Å². The average Bonchev–Trinajstić information content (AvgIpc) is 2.58. The van der Waals surface area contributed by atoms with Gasteiger partial charge in [-0.15, -0.1) is 0 Å². The molecule has 25 heavy (non-hydrogen) atoms. The van der Waals surface area contributed by atoms with Gasteiger partial charge in [0.1, 0.15) is 6.17 Å². The van der Waals surface area contributed by atoms with E-state index in [1.54, 1.807) is 6.07 Å². The summed E-state index contributed by atoms with van der Waals surface area (Å²) in [6, 6.07) is 6.55. The molecule has 1 aliphatic rings. The summed E-state index contributed by atoms with van der Waals surface area (Å²) in [5.74, 6) is -0.302. The minimum absolute atomic E-state index is 0.0393. The molecular weight excluding hydrogens is 354 g/mol. The van der Waals surface area contributed by atoms with Crippen LogP contribution in [0.3, 0.4) is 0 Å². The van der Waals surface area contributed by atoms with Gasteiger partial charge in [0.2, 0.25) is 0 Å². The van der Waals surface area contributed by atoms with Gasteiger partial charge in [0.25, 0.3) is 11.4 Å². The number of aromatic hydroxyl groups is 1. The van der Waals surface area contributed by atoms with Crippen molar-refractivity contribution in [3.05, 3.63) is 55.6 Å². The zero-order valence-corrected chi connectivity index (χ0v) is 13.3. The van der Waals surface area contributed by atoms with Gasteiger partial charge in [-0.05, 0) is 6.07 Å². The van der Waals surface area contributed by atoms with E-state index in [2.05, 4.69) is 16.0 Å². The number of hydrogen-bond acceptors (Lipinski definition) is 8. The van der Waals surface area contributed by atoms with Gasteiger partial charge in [-0.1, -0.05) is 11.6 Å². The van der Waals surface area contributed by atoms with Gasteiger partial charge in [-0.2, -0.15) is 0 Å². The third-order valence-electron chi connectivity index (χ3n) is 3.63. The van der Waals surface area contributed by atoms with Crippen LogP contribution in [0.5, 0.6) is 5.75 Å². The second kappa shape index (κ2) is 6.32. The summed E-state index contributed by atoms with van der Waals surface area (Å²) in [4.78, 5) is 20.6. The maximum atomic E-state index is 10.9. The SMILES string of the molecule is O=[N+]([O-])c1ccc2c(c1)NCC(Nc1cc([N+](=O)[O-])cc(Cl)c1O)N2. The van der Waals surface area contributed by atoms with Crippen molar-refractivity contribution in [2.24, 2.45) is 0 Å². The number of hydrogen-bond donors (Lipinski definition) is 4. The minimum Gasteiger partial charge on any atom is -0.504 e. The van der Waals surface area contributed by atoms with Crippen LogP contribution in [0.25, 0.3) is 0 Å². The first-order valence-corrected chi connectivity index (χ1v) is 7.45. The summed E-state index contributed by atoms with van der Waals surface area (Å²) in [6.45, 7) is 0.313. The third-order valence-corrected chi connectivity index (χ3v) is 3.92. The van der Waals surface area contributed by atoms with E-state index in [1.165, 1.54) is 18.2 Å². The number of phenolic OH excluding ortho intramolecular Hbond substituents is 1. The highest BCUT2D eigenvalue weighted by molar-refractivity contribution is 6.32. The van der Waals surface area contributed by atoms with E-state index in [0.29, 0.717) is 17.9 Å². The molecule has 1 unspecified atom stereocenters. The number of nitrogens with zero attached hydrogens (tertiary/aromatic N) is 2. The number of fused-ring (bicyclic) bond motifs is 1. The van der Waals surface area contributed by atoms with Crippen molar-refractivity contribution >= 4 is 40.0 Å². The van der Waals surface area contributed by atoms with Crippen molar-refractivity contribution < 1.29 is 15.0 Å². The van der Waals surface area contributed by atoms with Crippen LogP contribution in [0, 0.1) is 20.2 Å². The molecule has 2 aromatic carbocycles. The molecule has 2 aromatic rings. The lowest BCUT2D eigenvalue weighted by Crippen LogP contribution is -2.39. The number of anilines is 3. The van der Waals surface area contributed by atoms with Crippen LogP contribution in [-0.4, -0.2) is 27.7 Å². The molecule has 130 valence electrons. The van der Waals surface area contributed by atoms with Gasteiger partial charge in [0, 0.05) is 24.3 Å². The Labute approximate surface area is 145 Å². The molecule has 0 fully saturated rings. The smallest absolute Gasteiger partial charge is 0.273 e. The lowest BCUT2D eigenvalue weighted by molar-refractivity contribution is -0.385. The lowest BCUT2D eigenvalue weighted by atomic mass is 10.2. The lowest BCUT2D eigenvalue weighted by Gasteiger charge is -2.29. The summed E-state index contributed by atoms with van der Waals surface area (Å²) in [5, 5.41) is 40.6. The molecule has 0 spiro atoms. The largest absolute Gasteiger partial charge is 0.504 e. The summed E-state index contributed by atoms with van der Waals surface area (Å²) in [6.07, 6.45) is -0.432. The molecule has 0 radical (unpaired) electrons. The van der Waals surface area contributed by atoms with Crippen LogP contribution in [0.2, 0.25) is 5.02 Å². The minimum atomic E-state index is -0.614. The van der Waals surface area contributed by atoms with Crippen molar-refractivity contribution in [2.45, 2.75) is 6.17 Å². The summed E-state index contributed by atoms with van der Waals surface area (Å²) >= 11 is 5.81. The van der Waals surface area contributed by atoms with E-state index in [0.717, 1.165) is 6.07 Å². The average molecular weight is 366 g/mol. The fourth-order valence-electron chi connectivity index (χ4n) is 2.44. The van der Waals surface area contributed by atoms with Crippen molar-refractivity contribution in [1.29, 1.82) is 0 Å². The quantitative estimate of drug-likeness (QED) is 0.367. The molecule has 3 rings (SSSR count). The monoisotopic (exact) mass is 365 g/mol. The molecule has 0 aliphatic carbocycles. The number of halogens is 1. The van der Waals surface area contributed by atoms with Crippen molar-refractivity contribution in [3.63, 3.8) is 0 Å². The molecule has 4 N–H and O–H groups in total. The highest BCUT2D eigenvalue weighted by Gasteiger charge is 2.22. The van der Waals surface area contributed by atoms with Crippen LogP contribution in [0.15, 0.2) is 30.3 Å². The highest BCUT2D eigenvalue weighted by atomic mass is 35.5. The zero-order valence-electron chi connectivity index (χ0n) is 12.5. The van der Waals surface area contributed by atoms with Gasteiger partial charge in [0.05, 0.1) is 38.5 Å². The standard InChI is InChI=1S/C14H12ClN5O5/c15-9-3-8(20(24)25)5-12(14(9)21)18-13-6-16-11-4-7(19(22)23)1-2-10(11)17-13/h1-5,13,16-18,21H,6H2. The van der Waals surface area contributed by atoms with Gasteiger partial charge < -0.3 is 21.1 Å². The molecule has 0 amide bonds. The molecule has 1 atom stereocenters. The van der Waals surface area contributed by atoms with Gasteiger partial charge >= 0.3 is 0 Å². The molecular formula is C14H12ClN5O5. The first-order valence-electron chi connectivity index (χ1n) is 7.07. The van der Waals surface area contributed by atoms with E-state index in [-0.39, 0.29) is 27.8 Å². The molecule has 11 heteroatoms. The Morgan fingerprint density at radius 3 is 2.52 bits per heavy atom. The Bertz CT molecular complexity index is 875. The van der Waals surface area contributed by atoms with E-state index < -0.39 is 16.0 Å². The zero-order chi connectivity index (χ0) is 18.1. The number of non-ortho nitro benzene ring substituents is 2. The molecule has 0 saturated carbocycles. The van der Waals surface area contributed by atoms with Crippen LogP contribution in [0.1, 0.15) is 0 Å². The van der Waals surface area contributed by atoms with Gasteiger partial charge in [0.15, 0.2) is 5.75 Å². The van der Waals surface area contributed by atoms with Crippen LogP contribution < -0.4 is 16.0 Å². The molecule has 1 aliphatic heterocycles. The van der Waals surface area contributed by atoms with E-state index >= 15 is 0 Å². The Balaban J connectivity index is 1.82. The Kier molecular flexibility index (Phi) is 4.19. The summed E-state index contributed by atoms with van der Waals surface area (Å²) in [7, 11) is 0. The Hall–Kier alpha value is -3.27. The van der Waals surface area contributed by atoms with Crippen molar-refractivity contribution in [2.75, 3.05) is 22.5 Å². The van der Waals surface area contributed by atoms with Crippen LogP contribution in [0.4, 0.5) is 28.4 Å². The molecule has 0 aromatic heterocycles. The normalized spacial score (nSPS) is 15.5. The molecule has 0 saturated heterocycles. The Morgan fingerprint density at radius 1 is 1.12 bits per heavy atom. The Morgan fingerprint density at radius 2 is 1.84 bits per heavy atom. The first-order chi connectivity index (χ1) is 11.8. The summed E-state index contributed by atoms with van der Waals surface area (Å²) < 4.78 is 0. The second-order valence-electron chi connectivity index (χ2n) is 5.29. The molecule has 10 nitrogen and oxygen atoms in total. The summed E-state index contributed by atoms with van der Waals surface area (Å²) in [5.41, 5.74) is 0.982.